The van der Waals surface area contributed by atoms with Crippen LogP contribution in [0, 0.1) is 0 Å². The van der Waals surface area contributed by atoms with Gasteiger partial charge in [-0.15, -0.1) is 0 Å². The standard InChI is InChI=1S/C23H26ClN7O3/c1-25-20(32)12-34-19-7-13-6-14(4-5-18(13)30(3)22(19)33)27-21-17(24)9-26-23(28-21)31-11-15-8-16(31)10-29(15)2/h4-7,9,15-16H,8,10-12H2,1-3H3,(H,25,32)(H,26,27,28). The van der Waals surface area contributed by atoms with E-state index in [1.165, 1.54) is 11.6 Å². The predicted molar refractivity (Wildman–Crippen MR) is 131 cm³/mol. The number of pyridine rings is 1. The highest BCUT2D eigenvalue weighted by molar-refractivity contribution is 6.32. The van der Waals surface area contributed by atoms with Crippen molar-refractivity contribution in [1.82, 2.24) is 24.8 Å². The molecule has 0 aliphatic carbocycles. The Morgan fingerprint density at radius 2 is 2.06 bits per heavy atom. The van der Waals surface area contributed by atoms with Crippen molar-refractivity contribution in [2.75, 3.05) is 44.0 Å². The second kappa shape index (κ2) is 8.77. The highest BCUT2D eigenvalue weighted by Gasteiger charge is 2.42. The molecule has 2 fully saturated rings. The fourth-order valence-electron chi connectivity index (χ4n) is 4.68. The summed E-state index contributed by atoms with van der Waals surface area (Å²) in [6.07, 6.45) is 2.75. The van der Waals surface area contributed by atoms with Crippen LogP contribution < -0.4 is 25.8 Å². The van der Waals surface area contributed by atoms with Crippen molar-refractivity contribution in [2.45, 2.75) is 18.5 Å². The number of anilines is 3. The maximum absolute atomic E-state index is 12.6. The third-order valence-corrected chi connectivity index (χ3v) is 6.87. The summed E-state index contributed by atoms with van der Waals surface area (Å²) in [5.41, 5.74) is 1.17. The van der Waals surface area contributed by atoms with Gasteiger partial charge in [0.2, 0.25) is 5.95 Å². The van der Waals surface area contributed by atoms with Crippen molar-refractivity contribution in [1.29, 1.82) is 0 Å². The molecule has 2 atom stereocenters. The number of nitrogens with one attached hydrogen (secondary N) is 2. The molecule has 1 aromatic carbocycles. The van der Waals surface area contributed by atoms with Crippen LogP contribution in [0.15, 0.2) is 35.3 Å². The second-order valence-electron chi connectivity index (χ2n) is 8.74. The van der Waals surface area contributed by atoms with Crippen LogP contribution in [0.2, 0.25) is 5.02 Å². The van der Waals surface area contributed by atoms with E-state index in [0.29, 0.717) is 28.9 Å². The third kappa shape index (κ3) is 4.03. The van der Waals surface area contributed by atoms with Crippen LogP contribution in [0.3, 0.4) is 0 Å². The van der Waals surface area contributed by atoms with Crippen LogP contribution in [0.4, 0.5) is 17.5 Å². The fourth-order valence-corrected chi connectivity index (χ4v) is 4.82. The number of likely N-dealkylation sites (tertiary alicyclic amines) is 1. The highest BCUT2D eigenvalue weighted by Crippen LogP contribution is 2.34. The number of carbonyl (C=O) groups excluding carboxylic acids is 1. The van der Waals surface area contributed by atoms with Crippen LogP contribution in [0.1, 0.15) is 6.42 Å². The topological polar surface area (TPSA) is 105 Å². The zero-order valence-corrected chi connectivity index (χ0v) is 20.0. The number of aryl methyl sites for hydroxylation is 1. The van der Waals surface area contributed by atoms with Gasteiger partial charge in [0, 0.05) is 50.3 Å². The average Bonchev–Trinajstić information content (AvgIpc) is 3.41. The lowest BCUT2D eigenvalue weighted by atomic mass is 10.2. The van der Waals surface area contributed by atoms with Crippen LogP contribution in [-0.2, 0) is 11.8 Å². The van der Waals surface area contributed by atoms with E-state index in [1.807, 2.05) is 18.2 Å². The minimum Gasteiger partial charge on any atom is -0.478 e. The minimum atomic E-state index is -0.315. The number of amides is 1. The summed E-state index contributed by atoms with van der Waals surface area (Å²) in [5.74, 6) is 0.973. The minimum absolute atomic E-state index is 0.104. The van der Waals surface area contributed by atoms with Crippen molar-refractivity contribution >= 4 is 45.9 Å². The molecule has 178 valence electrons. The predicted octanol–water partition coefficient (Wildman–Crippen LogP) is 1.74. The molecule has 0 saturated carbocycles. The van der Waals surface area contributed by atoms with Gasteiger partial charge in [0.25, 0.3) is 11.5 Å². The smallest absolute Gasteiger partial charge is 0.293 e. The number of hydrogen-bond donors (Lipinski definition) is 2. The Morgan fingerprint density at radius 1 is 1.24 bits per heavy atom. The van der Waals surface area contributed by atoms with Gasteiger partial charge in [0.15, 0.2) is 18.2 Å². The Balaban J connectivity index is 1.42. The number of aromatic nitrogens is 3. The van der Waals surface area contributed by atoms with Gasteiger partial charge in [-0.25, -0.2) is 4.98 Å². The van der Waals surface area contributed by atoms with E-state index in [0.717, 1.165) is 36.1 Å². The molecule has 2 bridgehead atoms. The summed E-state index contributed by atoms with van der Waals surface area (Å²) >= 11 is 6.41. The molecule has 2 aliphatic heterocycles. The molecule has 2 saturated heterocycles. The van der Waals surface area contributed by atoms with Gasteiger partial charge in [0.1, 0.15) is 5.02 Å². The van der Waals surface area contributed by atoms with Gasteiger partial charge >= 0.3 is 0 Å². The summed E-state index contributed by atoms with van der Waals surface area (Å²) in [5, 5.41) is 6.94. The molecule has 5 rings (SSSR count). The van der Waals surface area contributed by atoms with Crippen molar-refractivity contribution in [2.24, 2.45) is 7.05 Å². The van der Waals surface area contributed by atoms with Crippen LogP contribution in [0.25, 0.3) is 10.9 Å². The average molecular weight is 484 g/mol. The first-order chi connectivity index (χ1) is 16.3. The number of nitrogens with zero attached hydrogens (tertiary/aromatic N) is 5. The van der Waals surface area contributed by atoms with Gasteiger partial charge in [-0.1, -0.05) is 11.6 Å². The lowest BCUT2D eigenvalue weighted by Crippen LogP contribution is -2.45. The molecule has 11 heteroatoms. The van der Waals surface area contributed by atoms with E-state index in [1.54, 1.807) is 19.3 Å². The molecule has 3 aromatic rings. The molecule has 2 aromatic heterocycles. The van der Waals surface area contributed by atoms with E-state index >= 15 is 0 Å². The molecule has 2 aliphatic rings. The Kier molecular flexibility index (Phi) is 5.78. The first-order valence-corrected chi connectivity index (χ1v) is 11.5. The quantitative estimate of drug-likeness (QED) is 0.546. The first kappa shape index (κ1) is 22.4. The Bertz CT molecular complexity index is 1330. The molecular weight excluding hydrogens is 458 g/mol. The molecule has 2 N–H and O–H groups in total. The van der Waals surface area contributed by atoms with Crippen LogP contribution >= 0.6 is 11.6 Å². The van der Waals surface area contributed by atoms with Gasteiger partial charge in [-0.2, -0.15) is 4.98 Å². The molecule has 34 heavy (non-hydrogen) atoms. The van der Waals surface area contributed by atoms with Crippen molar-refractivity contribution < 1.29 is 9.53 Å². The van der Waals surface area contributed by atoms with Crippen LogP contribution in [-0.4, -0.2) is 71.2 Å². The largest absolute Gasteiger partial charge is 0.478 e. The number of benzene rings is 1. The van der Waals surface area contributed by atoms with E-state index in [4.69, 9.17) is 21.3 Å². The zero-order chi connectivity index (χ0) is 24.0. The number of rotatable bonds is 6. The maximum Gasteiger partial charge on any atom is 0.293 e. The molecule has 1 amide bonds. The SMILES string of the molecule is CNC(=O)COc1cc2cc(Nc3nc(N4CC5CC4CN5C)ncc3Cl)ccc2n(C)c1=O. The van der Waals surface area contributed by atoms with Gasteiger partial charge in [0.05, 0.1) is 11.7 Å². The summed E-state index contributed by atoms with van der Waals surface area (Å²) < 4.78 is 6.94. The number of ether oxygens (including phenoxy) is 1. The maximum atomic E-state index is 12.6. The number of carbonyl (C=O) groups is 1. The van der Waals surface area contributed by atoms with E-state index in [-0.39, 0.29) is 23.8 Å². The van der Waals surface area contributed by atoms with Gasteiger partial charge in [-0.3, -0.25) is 14.5 Å². The van der Waals surface area contributed by atoms with E-state index in [9.17, 15) is 9.59 Å². The highest BCUT2D eigenvalue weighted by atomic mass is 35.5. The number of likely N-dealkylation sites (N-methyl/N-ethyl adjacent to an activating group) is 2. The molecular formula is C23H26ClN7O3. The van der Waals surface area contributed by atoms with Crippen LogP contribution in [0.5, 0.6) is 5.75 Å². The van der Waals surface area contributed by atoms with Gasteiger partial charge in [-0.05, 0) is 37.7 Å². The lowest BCUT2D eigenvalue weighted by molar-refractivity contribution is -0.122. The fraction of sp³-hybridized carbons (Fsp3) is 0.391. The summed E-state index contributed by atoms with van der Waals surface area (Å²) in [6.45, 7) is 1.68. The number of fused-ring (bicyclic) bond motifs is 3. The summed E-state index contributed by atoms with van der Waals surface area (Å²) in [7, 11) is 5.33. The molecule has 2 unspecified atom stereocenters. The lowest BCUT2D eigenvalue weighted by Gasteiger charge is -2.32. The van der Waals surface area contributed by atoms with Gasteiger partial charge < -0.3 is 24.8 Å². The number of halogens is 1. The molecule has 0 spiro atoms. The normalized spacial score (nSPS) is 19.6. The molecule has 4 heterocycles. The Morgan fingerprint density at radius 3 is 2.76 bits per heavy atom. The first-order valence-electron chi connectivity index (χ1n) is 11.1. The van der Waals surface area contributed by atoms with E-state index in [2.05, 4.69) is 32.5 Å². The van der Waals surface area contributed by atoms with E-state index < -0.39 is 0 Å². The van der Waals surface area contributed by atoms with Crippen molar-refractivity contribution in [3.05, 3.63) is 45.8 Å². The van der Waals surface area contributed by atoms with Crippen molar-refractivity contribution in [3.63, 3.8) is 0 Å². The monoisotopic (exact) mass is 483 g/mol. The molecule has 10 nitrogen and oxygen atoms in total. The van der Waals surface area contributed by atoms with Crippen molar-refractivity contribution in [3.8, 4) is 5.75 Å². The number of hydrogen-bond acceptors (Lipinski definition) is 8. The zero-order valence-electron chi connectivity index (χ0n) is 19.2. The number of piperazine rings is 1. The summed E-state index contributed by atoms with van der Waals surface area (Å²) in [6, 6.07) is 8.17. The Hall–Kier alpha value is -3.37. The summed E-state index contributed by atoms with van der Waals surface area (Å²) in [4.78, 5) is 37.9. The Labute approximate surface area is 201 Å². The third-order valence-electron chi connectivity index (χ3n) is 6.59. The molecule has 0 radical (unpaired) electrons. The second-order valence-corrected chi connectivity index (χ2v) is 9.14.